The van der Waals surface area contributed by atoms with Gasteiger partial charge in [0.1, 0.15) is 5.82 Å². The van der Waals surface area contributed by atoms with Crippen LogP contribution >= 0.6 is 0 Å². The highest BCUT2D eigenvalue weighted by molar-refractivity contribution is 5.90. The molecule has 0 bridgehead atoms. The quantitative estimate of drug-likeness (QED) is 0.685. The SMILES string of the molecule is O=C(CCCc1nc2ccccc2c(=O)[nH]1)Nc1ccc(F)c(F)c1F. The number of hydrogen-bond acceptors (Lipinski definition) is 3. The van der Waals surface area contributed by atoms with E-state index in [1.807, 2.05) is 0 Å². The van der Waals surface area contributed by atoms with Crippen LogP contribution < -0.4 is 10.9 Å². The Bertz CT molecular complexity index is 1030. The van der Waals surface area contributed by atoms with Gasteiger partial charge in [-0.2, -0.15) is 0 Å². The fraction of sp³-hybridized carbons (Fsp3) is 0.167. The molecule has 3 aromatic rings. The Labute approximate surface area is 145 Å². The molecule has 0 aliphatic rings. The van der Waals surface area contributed by atoms with Crippen molar-refractivity contribution in [2.75, 3.05) is 5.32 Å². The molecule has 5 nitrogen and oxygen atoms in total. The third-order valence-corrected chi connectivity index (χ3v) is 3.79. The number of rotatable bonds is 5. The van der Waals surface area contributed by atoms with E-state index in [4.69, 9.17) is 0 Å². The average Bonchev–Trinajstić information content (AvgIpc) is 2.62. The number of para-hydroxylation sites is 1. The molecule has 0 unspecified atom stereocenters. The molecule has 1 aromatic heterocycles. The van der Waals surface area contributed by atoms with Crippen LogP contribution in [0.1, 0.15) is 18.7 Å². The lowest BCUT2D eigenvalue weighted by molar-refractivity contribution is -0.116. The van der Waals surface area contributed by atoms with E-state index in [-0.39, 0.29) is 12.0 Å². The molecule has 3 rings (SSSR count). The lowest BCUT2D eigenvalue weighted by Gasteiger charge is -2.07. The van der Waals surface area contributed by atoms with Crippen molar-refractivity contribution in [3.8, 4) is 0 Å². The van der Waals surface area contributed by atoms with Gasteiger partial charge >= 0.3 is 0 Å². The number of halogens is 3. The molecule has 0 spiro atoms. The molecule has 0 saturated carbocycles. The predicted octanol–water partition coefficient (Wildman–Crippen LogP) is 3.30. The number of hydrogen-bond donors (Lipinski definition) is 2. The zero-order valence-electron chi connectivity index (χ0n) is 13.5. The molecule has 0 radical (unpaired) electrons. The van der Waals surface area contributed by atoms with E-state index in [1.165, 1.54) is 0 Å². The zero-order chi connectivity index (χ0) is 18.7. The maximum atomic E-state index is 13.5. The number of amides is 1. The Morgan fingerprint density at radius 3 is 2.65 bits per heavy atom. The summed E-state index contributed by atoms with van der Waals surface area (Å²) in [5.41, 5.74) is -0.135. The summed E-state index contributed by atoms with van der Waals surface area (Å²) in [5, 5.41) is 2.67. The standard InChI is InChI=1S/C18H14F3N3O2/c19-11-8-9-13(17(21)16(11)20)23-15(25)7-3-6-14-22-12-5-2-1-4-10(12)18(26)24-14/h1-2,4-5,8-9H,3,6-7H2,(H,23,25)(H,22,24,26). The van der Waals surface area contributed by atoms with Gasteiger partial charge in [0, 0.05) is 12.8 Å². The molecular formula is C18H14F3N3O2. The second kappa shape index (κ2) is 7.38. The fourth-order valence-corrected chi connectivity index (χ4v) is 2.50. The van der Waals surface area contributed by atoms with Gasteiger partial charge in [-0.15, -0.1) is 0 Å². The van der Waals surface area contributed by atoms with Gasteiger partial charge in [0.05, 0.1) is 16.6 Å². The van der Waals surface area contributed by atoms with Crippen molar-refractivity contribution < 1.29 is 18.0 Å². The molecular weight excluding hydrogens is 347 g/mol. The van der Waals surface area contributed by atoms with Crippen molar-refractivity contribution in [1.29, 1.82) is 0 Å². The first-order valence-corrected chi connectivity index (χ1v) is 7.87. The summed E-state index contributed by atoms with van der Waals surface area (Å²) >= 11 is 0. The van der Waals surface area contributed by atoms with Crippen LogP contribution in [0, 0.1) is 17.5 Å². The first-order valence-electron chi connectivity index (χ1n) is 7.87. The molecule has 0 atom stereocenters. The third kappa shape index (κ3) is 3.74. The molecule has 2 N–H and O–H groups in total. The van der Waals surface area contributed by atoms with Crippen LogP contribution in [-0.2, 0) is 11.2 Å². The number of aromatic amines is 1. The van der Waals surface area contributed by atoms with Crippen LogP contribution in [-0.4, -0.2) is 15.9 Å². The number of carbonyl (C=O) groups excluding carboxylic acids is 1. The monoisotopic (exact) mass is 361 g/mol. The topological polar surface area (TPSA) is 74.8 Å². The molecule has 8 heteroatoms. The van der Waals surface area contributed by atoms with Gasteiger partial charge in [-0.1, -0.05) is 12.1 Å². The molecule has 2 aromatic carbocycles. The van der Waals surface area contributed by atoms with Gasteiger partial charge in [0.25, 0.3) is 5.56 Å². The second-order valence-corrected chi connectivity index (χ2v) is 5.65. The molecule has 0 fully saturated rings. The van der Waals surface area contributed by atoms with E-state index in [9.17, 15) is 22.8 Å². The largest absolute Gasteiger partial charge is 0.324 e. The summed E-state index contributed by atoms with van der Waals surface area (Å²) in [6.45, 7) is 0. The van der Waals surface area contributed by atoms with E-state index < -0.39 is 29.0 Å². The number of carbonyl (C=O) groups is 1. The number of anilines is 1. The Balaban J connectivity index is 1.61. The first-order chi connectivity index (χ1) is 12.5. The lowest BCUT2D eigenvalue weighted by atomic mass is 10.2. The summed E-state index contributed by atoms with van der Waals surface area (Å²) in [4.78, 5) is 30.8. The van der Waals surface area contributed by atoms with Crippen molar-refractivity contribution in [3.63, 3.8) is 0 Å². The number of fused-ring (bicyclic) bond motifs is 1. The third-order valence-electron chi connectivity index (χ3n) is 3.79. The van der Waals surface area contributed by atoms with Gasteiger partial charge in [0.15, 0.2) is 17.5 Å². The number of benzene rings is 2. The van der Waals surface area contributed by atoms with Crippen LogP contribution in [0.3, 0.4) is 0 Å². The van der Waals surface area contributed by atoms with Crippen LogP contribution in [0.4, 0.5) is 18.9 Å². The van der Waals surface area contributed by atoms with Crippen LogP contribution in [0.5, 0.6) is 0 Å². The Morgan fingerprint density at radius 2 is 1.85 bits per heavy atom. The van der Waals surface area contributed by atoms with E-state index in [2.05, 4.69) is 15.3 Å². The highest BCUT2D eigenvalue weighted by Crippen LogP contribution is 2.20. The number of nitrogens with zero attached hydrogens (tertiary/aromatic N) is 1. The van der Waals surface area contributed by atoms with E-state index in [0.29, 0.717) is 29.6 Å². The summed E-state index contributed by atoms with van der Waals surface area (Å²) in [7, 11) is 0. The van der Waals surface area contributed by atoms with Gasteiger partial charge in [-0.3, -0.25) is 9.59 Å². The van der Waals surface area contributed by atoms with Crippen molar-refractivity contribution >= 4 is 22.5 Å². The number of nitrogens with one attached hydrogen (secondary N) is 2. The lowest BCUT2D eigenvalue weighted by Crippen LogP contribution is -2.15. The van der Waals surface area contributed by atoms with E-state index in [0.717, 1.165) is 12.1 Å². The fourth-order valence-electron chi connectivity index (χ4n) is 2.50. The van der Waals surface area contributed by atoms with Crippen molar-refractivity contribution in [2.45, 2.75) is 19.3 Å². The van der Waals surface area contributed by atoms with Crippen LogP contribution in [0.15, 0.2) is 41.2 Å². The summed E-state index contributed by atoms with van der Waals surface area (Å²) in [6.07, 6.45) is 0.654. The smallest absolute Gasteiger partial charge is 0.258 e. The van der Waals surface area contributed by atoms with Crippen molar-refractivity contribution in [2.24, 2.45) is 0 Å². The minimum atomic E-state index is -1.64. The molecule has 134 valence electrons. The summed E-state index contributed by atoms with van der Waals surface area (Å²) in [5.74, 6) is -4.54. The zero-order valence-corrected chi connectivity index (χ0v) is 13.5. The van der Waals surface area contributed by atoms with E-state index >= 15 is 0 Å². The van der Waals surface area contributed by atoms with Gasteiger partial charge in [-0.25, -0.2) is 18.2 Å². The minimum absolute atomic E-state index is 0.00499. The van der Waals surface area contributed by atoms with Crippen LogP contribution in [0.2, 0.25) is 0 Å². The van der Waals surface area contributed by atoms with Gasteiger partial charge in [0.2, 0.25) is 5.91 Å². The number of H-pyrrole nitrogens is 1. The number of aryl methyl sites for hydroxylation is 1. The van der Waals surface area contributed by atoms with Crippen LogP contribution in [0.25, 0.3) is 10.9 Å². The Kier molecular flexibility index (Phi) is 5.01. The van der Waals surface area contributed by atoms with E-state index in [1.54, 1.807) is 24.3 Å². The van der Waals surface area contributed by atoms with Crippen molar-refractivity contribution in [3.05, 3.63) is 70.0 Å². The maximum absolute atomic E-state index is 13.5. The Hall–Kier alpha value is -3.16. The second-order valence-electron chi connectivity index (χ2n) is 5.65. The summed E-state index contributed by atoms with van der Waals surface area (Å²) < 4.78 is 39.5. The molecule has 26 heavy (non-hydrogen) atoms. The maximum Gasteiger partial charge on any atom is 0.258 e. The minimum Gasteiger partial charge on any atom is -0.324 e. The molecule has 0 saturated heterocycles. The predicted molar refractivity (Wildman–Crippen MR) is 90.2 cm³/mol. The highest BCUT2D eigenvalue weighted by atomic mass is 19.2. The normalized spacial score (nSPS) is 10.9. The van der Waals surface area contributed by atoms with Gasteiger partial charge < -0.3 is 10.3 Å². The first kappa shape index (κ1) is 17.7. The molecule has 0 aliphatic carbocycles. The highest BCUT2D eigenvalue weighted by Gasteiger charge is 2.15. The summed E-state index contributed by atoms with van der Waals surface area (Å²) in [6, 6.07) is 8.57. The van der Waals surface area contributed by atoms with Gasteiger partial charge in [-0.05, 0) is 30.7 Å². The molecule has 1 amide bonds. The average molecular weight is 361 g/mol. The molecule has 1 heterocycles. The number of aromatic nitrogens is 2. The van der Waals surface area contributed by atoms with Crippen molar-refractivity contribution in [1.82, 2.24) is 9.97 Å². The molecule has 0 aliphatic heterocycles. The Morgan fingerprint density at radius 1 is 1.08 bits per heavy atom.